The summed E-state index contributed by atoms with van der Waals surface area (Å²) in [6.45, 7) is 9.04. The Morgan fingerprint density at radius 1 is 0.765 bits per heavy atom. The average Bonchev–Trinajstić information content (AvgIpc) is 1.65. The van der Waals surface area contributed by atoms with Gasteiger partial charge in [0.15, 0.2) is 0 Å². The van der Waals surface area contributed by atoms with Crippen molar-refractivity contribution >= 4 is 15.6 Å². The molecule has 2 unspecified atom stereocenters. The summed E-state index contributed by atoms with van der Waals surface area (Å²) in [5.41, 5.74) is -1.99. The van der Waals surface area contributed by atoms with E-state index in [1.165, 1.54) is 41.5 Å². The molecular weight excluding hydrogens is 270 g/mol. The van der Waals surface area contributed by atoms with Gasteiger partial charge in [0.25, 0.3) is 0 Å². The lowest BCUT2D eigenvalue weighted by Gasteiger charge is -2.26. The molecule has 0 aliphatic heterocycles. The molecule has 0 aliphatic carbocycles. The molecular formula is C8H20O7P2. The van der Waals surface area contributed by atoms with Crippen LogP contribution in [0.1, 0.15) is 41.5 Å². The fourth-order valence-electron chi connectivity index (χ4n) is 0.856. The van der Waals surface area contributed by atoms with Gasteiger partial charge in [0, 0.05) is 0 Å². The molecule has 0 heterocycles. The van der Waals surface area contributed by atoms with E-state index in [9.17, 15) is 18.9 Å². The SMILES string of the molecule is CC(C)(C)OP(=O)(O)OP(=O)(O)OC(C)(C)C. The van der Waals surface area contributed by atoms with E-state index in [4.69, 9.17) is 0 Å². The molecule has 17 heavy (non-hydrogen) atoms. The average molecular weight is 290 g/mol. The Morgan fingerprint density at radius 3 is 1.18 bits per heavy atom. The lowest BCUT2D eigenvalue weighted by atomic mass is 10.2. The molecule has 0 aromatic heterocycles. The first kappa shape index (κ1) is 17.3. The third-order valence-electron chi connectivity index (χ3n) is 0.985. The maximum atomic E-state index is 11.4. The van der Waals surface area contributed by atoms with Crippen LogP contribution in [0.5, 0.6) is 0 Å². The van der Waals surface area contributed by atoms with Gasteiger partial charge >= 0.3 is 15.6 Å². The first-order chi connectivity index (χ1) is 7.12. The standard InChI is InChI=1S/C8H20O7P2/c1-7(2,3)13-16(9,10)15-17(11,12)14-8(4,5)6/h1-6H3,(H,9,10)(H,11,12). The number of phosphoric acid groups is 2. The Bertz CT molecular complexity index is 318. The van der Waals surface area contributed by atoms with Gasteiger partial charge in [-0.25, -0.2) is 9.13 Å². The molecule has 2 atom stereocenters. The van der Waals surface area contributed by atoms with Crippen molar-refractivity contribution in [3.63, 3.8) is 0 Å². The van der Waals surface area contributed by atoms with Crippen LogP contribution in [-0.2, 0) is 22.5 Å². The molecule has 2 N–H and O–H groups in total. The molecule has 0 aliphatic rings. The number of hydrogen-bond acceptors (Lipinski definition) is 5. The maximum absolute atomic E-state index is 11.4. The van der Waals surface area contributed by atoms with Crippen LogP contribution < -0.4 is 0 Å². The van der Waals surface area contributed by atoms with E-state index in [-0.39, 0.29) is 0 Å². The van der Waals surface area contributed by atoms with E-state index >= 15 is 0 Å². The third kappa shape index (κ3) is 9.92. The Balaban J connectivity index is 4.72. The van der Waals surface area contributed by atoms with Gasteiger partial charge in [0.2, 0.25) is 0 Å². The monoisotopic (exact) mass is 290 g/mol. The van der Waals surface area contributed by atoms with Gasteiger partial charge in [0.05, 0.1) is 11.2 Å². The molecule has 0 rings (SSSR count). The first-order valence-electron chi connectivity index (χ1n) is 4.90. The number of hydrogen-bond donors (Lipinski definition) is 2. The fraction of sp³-hybridized carbons (Fsp3) is 1.00. The highest BCUT2D eigenvalue weighted by Gasteiger charge is 2.40. The molecule has 0 amide bonds. The van der Waals surface area contributed by atoms with Crippen molar-refractivity contribution in [3.8, 4) is 0 Å². The summed E-state index contributed by atoms with van der Waals surface area (Å²) in [4.78, 5) is 18.6. The third-order valence-corrected chi connectivity index (χ3v) is 4.19. The molecule has 104 valence electrons. The molecule has 7 nitrogen and oxygen atoms in total. The van der Waals surface area contributed by atoms with Crippen molar-refractivity contribution in [2.24, 2.45) is 0 Å². The summed E-state index contributed by atoms with van der Waals surface area (Å²) in [5, 5.41) is 0. The second-order valence-corrected chi connectivity index (χ2v) is 8.32. The Kier molecular flexibility index (Phi) is 5.17. The zero-order valence-electron chi connectivity index (χ0n) is 10.8. The van der Waals surface area contributed by atoms with Gasteiger partial charge < -0.3 is 9.79 Å². The zero-order valence-corrected chi connectivity index (χ0v) is 12.6. The molecule has 0 fully saturated rings. The highest BCUT2D eigenvalue weighted by Crippen LogP contribution is 2.62. The highest BCUT2D eigenvalue weighted by atomic mass is 31.3. The van der Waals surface area contributed by atoms with Crippen molar-refractivity contribution in [2.75, 3.05) is 0 Å². The summed E-state index contributed by atoms with van der Waals surface area (Å²) < 4.78 is 36.3. The zero-order chi connectivity index (χ0) is 14.1. The molecule has 0 aromatic carbocycles. The predicted octanol–water partition coefficient (Wildman–Crippen LogP) is 2.83. The molecule has 0 radical (unpaired) electrons. The summed E-state index contributed by atoms with van der Waals surface area (Å²) in [7, 11) is -9.32. The minimum atomic E-state index is -4.66. The molecule has 0 saturated carbocycles. The van der Waals surface area contributed by atoms with E-state index in [2.05, 4.69) is 13.4 Å². The summed E-state index contributed by atoms with van der Waals surface area (Å²) in [6.07, 6.45) is 0. The smallest absolute Gasteiger partial charge is 0.302 e. The van der Waals surface area contributed by atoms with Crippen molar-refractivity contribution < 1.29 is 32.3 Å². The van der Waals surface area contributed by atoms with Crippen LogP contribution in [0, 0.1) is 0 Å². The van der Waals surface area contributed by atoms with Crippen LogP contribution in [0.4, 0.5) is 0 Å². The van der Waals surface area contributed by atoms with Crippen molar-refractivity contribution in [3.05, 3.63) is 0 Å². The van der Waals surface area contributed by atoms with Crippen molar-refractivity contribution in [2.45, 2.75) is 52.7 Å². The van der Waals surface area contributed by atoms with Gasteiger partial charge in [0.1, 0.15) is 0 Å². The van der Waals surface area contributed by atoms with Crippen LogP contribution in [0.2, 0.25) is 0 Å². The molecule has 9 heteroatoms. The van der Waals surface area contributed by atoms with Gasteiger partial charge in [-0.3, -0.25) is 9.05 Å². The van der Waals surface area contributed by atoms with Gasteiger partial charge in [-0.05, 0) is 41.5 Å². The van der Waals surface area contributed by atoms with Gasteiger partial charge in [-0.2, -0.15) is 4.31 Å². The first-order valence-corrected chi connectivity index (χ1v) is 7.89. The maximum Gasteiger partial charge on any atom is 0.481 e. The van der Waals surface area contributed by atoms with E-state index in [1.807, 2.05) is 0 Å². The lowest BCUT2D eigenvalue weighted by Crippen LogP contribution is -2.20. The summed E-state index contributed by atoms with van der Waals surface area (Å²) >= 11 is 0. The van der Waals surface area contributed by atoms with Crippen molar-refractivity contribution in [1.82, 2.24) is 0 Å². The van der Waals surface area contributed by atoms with Gasteiger partial charge in [-0.15, -0.1) is 0 Å². The lowest BCUT2D eigenvalue weighted by molar-refractivity contribution is 0.0538. The van der Waals surface area contributed by atoms with E-state index < -0.39 is 26.8 Å². The van der Waals surface area contributed by atoms with E-state index in [0.29, 0.717) is 0 Å². The second-order valence-electron chi connectivity index (χ2n) is 5.43. The van der Waals surface area contributed by atoms with Crippen LogP contribution in [0.3, 0.4) is 0 Å². The predicted molar refractivity (Wildman–Crippen MR) is 62.4 cm³/mol. The second kappa shape index (κ2) is 5.10. The Morgan fingerprint density at radius 2 is 1.00 bits per heavy atom. The Hall–Kier alpha value is 0.260. The molecule has 0 bridgehead atoms. The van der Waals surface area contributed by atoms with Crippen LogP contribution in [0.15, 0.2) is 0 Å². The quantitative estimate of drug-likeness (QED) is 0.767. The minimum Gasteiger partial charge on any atom is -0.302 e. The molecule has 0 saturated heterocycles. The van der Waals surface area contributed by atoms with Crippen molar-refractivity contribution in [1.29, 1.82) is 0 Å². The van der Waals surface area contributed by atoms with Gasteiger partial charge in [-0.1, -0.05) is 0 Å². The Labute approximate surface area is 101 Å². The molecule has 0 aromatic rings. The number of rotatable bonds is 4. The summed E-state index contributed by atoms with van der Waals surface area (Å²) in [5.74, 6) is 0. The topological polar surface area (TPSA) is 102 Å². The minimum absolute atomic E-state index is 0.994. The van der Waals surface area contributed by atoms with Crippen LogP contribution >= 0.6 is 15.6 Å². The normalized spacial score (nSPS) is 20.7. The highest BCUT2D eigenvalue weighted by molar-refractivity contribution is 7.61. The van der Waals surface area contributed by atoms with E-state index in [0.717, 1.165) is 0 Å². The van der Waals surface area contributed by atoms with Crippen LogP contribution in [-0.4, -0.2) is 21.0 Å². The molecule has 0 spiro atoms. The van der Waals surface area contributed by atoms with E-state index in [1.54, 1.807) is 0 Å². The van der Waals surface area contributed by atoms with Crippen LogP contribution in [0.25, 0.3) is 0 Å². The fourth-order valence-corrected chi connectivity index (χ4v) is 3.55. The largest absolute Gasteiger partial charge is 0.481 e. The number of phosphoric ester groups is 2. The summed E-state index contributed by atoms with van der Waals surface area (Å²) in [6, 6.07) is 0.